The van der Waals surface area contributed by atoms with E-state index in [4.69, 9.17) is 0 Å². The Morgan fingerprint density at radius 1 is 1.56 bits per heavy atom. The Morgan fingerprint density at radius 2 is 2.33 bits per heavy atom. The van der Waals surface area contributed by atoms with Crippen molar-refractivity contribution >= 4 is 11.6 Å². The molecule has 98 valence electrons. The van der Waals surface area contributed by atoms with E-state index >= 15 is 0 Å². The molecule has 0 radical (unpaired) electrons. The number of aliphatic hydroxyl groups is 1. The van der Waals surface area contributed by atoms with E-state index in [1.54, 1.807) is 12.1 Å². The van der Waals surface area contributed by atoms with Gasteiger partial charge in [0, 0.05) is 24.3 Å². The van der Waals surface area contributed by atoms with Crippen molar-refractivity contribution in [1.82, 2.24) is 5.32 Å². The zero-order valence-electron chi connectivity index (χ0n) is 10.3. The van der Waals surface area contributed by atoms with Crippen molar-refractivity contribution in [3.05, 3.63) is 29.6 Å². The Hall–Kier alpha value is -1.62. The molecule has 1 saturated heterocycles. The average molecular weight is 252 g/mol. The fraction of sp³-hybridized carbons (Fsp3) is 0.462. The van der Waals surface area contributed by atoms with Crippen molar-refractivity contribution in [3.63, 3.8) is 0 Å². The molecule has 1 atom stereocenters. The van der Waals surface area contributed by atoms with Gasteiger partial charge in [0.1, 0.15) is 11.9 Å². The van der Waals surface area contributed by atoms with Crippen LogP contribution in [0, 0.1) is 5.82 Å². The molecule has 1 aromatic rings. The molecule has 1 aliphatic heterocycles. The lowest BCUT2D eigenvalue weighted by molar-refractivity contribution is -0.123. The highest BCUT2D eigenvalue weighted by Crippen LogP contribution is 2.27. The van der Waals surface area contributed by atoms with Gasteiger partial charge in [0.25, 0.3) is 0 Å². The number of hydrogen-bond donors (Lipinski definition) is 2. The predicted octanol–water partition coefficient (Wildman–Crippen LogP) is 1.03. The van der Waals surface area contributed by atoms with E-state index in [0.29, 0.717) is 25.2 Å². The van der Waals surface area contributed by atoms with Gasteiger partial charge in [-0.25, -0.2) is 4.39 Å². The van der Waals surface area contributed by atoms with Crippen LogP contribution in [0.25, 0.3) is 0 Å². The van der Waals surface area contributed by atoms with Gasteiger partial charge in [-0.2, -0.15) is 0 Å². The van der Waals surface area contributed by atoms with Crippen molar-refractivity contribution in [1.29, 1.82) is 0 Å². The molecule has 1 aliphatic rings. The van der Waals surface area contributed by atoms with Crippen LogP contribution < -0.4 is 10.2 Å². The maximum Gasteiger partial charge on any atom is 0.242 e. The SMILES string of the molecule is CCC1C(=O)NCCN1c1cccc(F)c1CO. The van der Waals surface area contributed by atoms with Gasteiger partial charge in [-0.1, -0.05) is 13.0 Å². The van der Waals surface area contributed by atoms with Gasteiger partial charge in [-0.3, -0.25) is 4.79 Å². The number of aliphatic hydroxyl groups excluding tert-OH is 1. The summed E-state index contributed by atoms with van der Waals surface area (Å²) in [5.41, 5.74) is 0.866. The Labute approximate surface area is 105 Å². The number of nitrogens with one attached hydrogen (secondary N) is 1. The van der Waals surface area contributed by atoms with Crippen molar-refractivity contribution in [2.45, 2.75) is 26.0 Å². The summed E-state index contributed by atoms with van der Waals surface area (Å²) in [5, 5.41) is 12.1. The molecule has 0 aliphatic carbocycles. The number of amides is 1. The second-order valence-corrected chi connectivity index (χ2v) is 4.30. The van der Waals surface area contributed by atoms with Gasteiger partial charge in [0.2, 0.25) is 5.91 Å². The van der Waals surface area contributed by atoms with E-state index in [-0.39, 0.29) is 24.1 Å². The minimum Gasteiger partial charge on any atom is -0.391 e. The molecule has 5 heteroatoms. The van der Waals surface area contributed by atoms with Crippen LogP contribution in [0.1, 0.15) is 18.9 Å². The lowest BCUT2D eigenvalue weighted by Crippen LogP contribution is -2.55. The number of carbonyl (C=O) groups is 1. The van der Waals surface area contributed by atoms with Gasteiger partial charge < -0.3 is 15.3 Å². The van der Waals surface area contributed by atoms with Crippen LogP contribution in [-0.4, -0.2) is 30.1 Å². The third-order valence-corrected chi connectivity index (χ3v) is 3.28. The lowest BCUT2D eigenvalue weighted by Gasteiger charge is -2.37. The summed E-state index contributed by atoms with van der Waals surface area (Å²) >= 11 is 0. The van der Waals surface area contributed by atoms with Gasteiger partial charge in [-0.15, -0.1) is 0 Å². The third-order valence-electron chi connectivity index (χ3n) is 3.28. The standard InChI is InChI=1S/C13H17FN2O2/c1-2-11-13(18)15-6-7-16(11)12-5-3-4-10(14)9(12)8-17/h3-5,11,17H,2,6-8H2,1H3,(H,15,18). The highest BCUT2D eigenvalue weighted by molar-refractivity contribution is 5.86. The number of piperazine rings is 1. The second-order valence-electron chi connectivity index (χ2n) is 4.30. The van der Waals surface area contributed by atoms with Crippen LogP contribution in [0.15, 0.2) is 18.2 Å². The summed E-state index contributed by atoms with van der Waals surface area (Å²) in [7, 11) is 0. The summed E-state index contributed by atoms with van der Waals surface area (Å²) in [6, 6.07) is 4.37. The first-order valence-electron chi connectivity index (χ1n) is 6.11. The summed E-state index contributed by atoms with van der Waals surface area (Å²) in [6.45, 7) is 2.72. The van der Waals surface area contributed by atoms with Crippen molar-refractivity contribution < 1.29 is 14.3 Å². The molecule has 1 unspecified atom stereocenters. The van der Waals surface area contributed by atoms with Crippen molar-refractivity contribution in [3.8, 4) is 0 Å². The highest BCUT2D eigenvalue weighted by Gasteiger charge is 2.29. The molecular weight excluding hydrogens is 235 g/mol. The van der Waals surface area contributed by atoms with E-state index in [1.165, 1.54) is 6.07 Å². The molecule has 0 aromatic heterocycles. The highest BCUT2D eigenvalue weighted by atomic mass is 19.1. The van der Waals surface area contributed by atoms with Crippen LogP contribution in [-0.2, 0) is 11.4 Å². The number of benzene rings is 1. The largest absolute Gasteiger partial charge is 0.391 e. The maximum absolute atomic E-state index is 13.6. The van der Waals surface area contributed by atoms with Crippen LogP contribution in [0.2, 0.25) is 0 Å². The summed E-state index contributed by atoms with van der Waals surface area (Å²) in [5.74, 6) is -0.479. The number of hydrogen-bond acceptors (Lipinski definition) is 3. The molecule has 1 amide bonds. The molecule has 0 bridgehead atoms. The van der Waals surface area contributed by atoms with Crippen LogP contribution in [0.5, 0.6) is 0 Å². The molecule has 1 heterocycles. The lowest BCUT2D eigenvalue weighted by atomic mass is 10.1. The van der Waals surface area contributed by atoms with Crippen LogP contribution in [0.3, 0.4) is 0 Å². The third kappa shape index (κ3) is 2.18. The topological polar surface area (TPSA) is 52.6 Å². The van der Waals surface area contributed by atoms with Crippen molar-refractivity contribution in [2.24, 2.45) is 0 Å². The first-order valence-corrected chi connectivity index (χ1v) is 6.11. The fourth-order valence-electron chi connectivity index (χ4n) is 2.38. The molecule has 4 nitrogen and oxygen atoms in total. The normalized spacial score (nSPS) is 19.8. The van der Waals surface area contributed by atoms with Crippen LogP contribution in [0.4, 0.5) is 10.1 Å². The predicted molar refractivity (Wildman–Crippen MR) is 66.8 cm³/mol. The Kier molecular flexibility index (Phi) is 3.81. The van der Waals surface area contributed by atoms with Gasteiger partial charge in [0.15, 0.2) is 0 Å². The number of rotatable bonds is 3. The summed E-state index contributed by atoms with van der Waals surface area (Å²) in [4.78, 5) is 13.7. The molecule has 2 rings (SSSR count). The second kappa shape index (κ2) is 5.35. The fourth-order valence-corrected chi connectivity index (χ4v) is 2.38. The van der Waals surface area contributed by atoms with Gasteiger partial charge in [0.05, 0.1) is 6.61 Å². The first kappa shape index (κ1) is 12.8. The molecule has 0 spiro atoms. The zero-order valence-corrected chi connectivity index (χ0v) is 10.3. The number of carbonyl (C=O) groups excluding carboxylic acids is 1. The first-order chi connectivity index (χ1) is 8.69. The zero-order chi connectivity index (χ0) is 13.1. The van der Waals surface area contributed by atoms with Crippen molar-refractivity contribution in [2.75, 3.05) is 18.0 Å². The average Bonchev–Trinajstić information content (AvgIpc) is 2.38. The number of halogens is 1. The van der Waals surface area contributed by atoms with E-state index in [2.05, 4.69) is 5.32 Å². The number of anilines is 1. The molecule has 18 heavy (non-hydrogen) atoms. The summed E-state index contributed by atoms with van der Waals surface area (Å²) in [6.07, 6.45) is 0.646. The molecule has 1 aromatic carbocycles. The molecular formula is C13H17FN2O2. The van der Waals surface area contributed by atoms with Gasteiger partial charge in [-0.05, 0) is 18.6 Å². The number of nitrogens with zero attached hydrogens (tertiary/aromatic N) is 1. The quantitative estimate of drug-likeness (QED) is 0.845. The Bertz CT molecular complexity index is 451. The maximum atomic E-state index is 13.6. The summed E-state index contributed by atoms with van der Waals surface area (Å²) < 4.78 is 13.6. The monoisotopic (exact) mass is 252 g/mol. The van der Waals surface area contributed by atoms with E-state index in [9.17, 15) is 14.3 Å². The Morgan fingerprint density at radius 3 is 3.00 bits per heavy atom. The van der Waals surface area contributed by atoms with Gasteiger partial charge >= 0.3 is 0 Å². The van der Waals surface area contributed by atoms with Crippen LogP contribution >= 0.6 is 0 Å². The molecule has 0 saturated carbocycles. The molecule has 2 N–H and O–H groups in total. The molecule has 1 fully saturated rings. The van der Waals surface area contributed by atoms with E-state index in [1.807, 2.05) is 11.8 Å². The van der Waals surface area contributed by atoms with E-state index < -0.39 is 5.82 Å². The smallest absolute Gasteiger partial charge is 0.242 e. The van der Waals surface area contributed by atoms with E-state index in [0.717, 1.165) is 0 Å². The Balaban J connectivity index is 2.40. The minimum absolute atomic E-state index is 0.0445. The minimum atomic E-state index is -0.434.